The molecule has 0 bridgehead atoms. The predicted molar refractivity (Wildman–Crippen MR) is 85.0 cm³/mol. The van der Waals surface area contributed by atoms with Crippen LogP contribution in [0.4, 0.5) is 11.4 Å². The number of thioether (sulfide) groups is 1. The molecule has 3 N–H and O–H groups in total. The third kappa shape index (κ3) is 5.43. The van der Waals surface area contributed by atoms with Crippen molar-refractivity contribution in [2.45, 2.75) is 31.8 Å². The van der Waals surface area contributed by atoms with Crippen molar-refractivity contribution in [2.75, 3.05) is 29.2 Å². The Morgan fingerprint density at radius 2 is 2.40 bits per heavy atom. The molecule has 1 unspecified atom stereocenters. The van der Waals surface area contributed by atoms with Crippen molar-refractivity contribution in [3.8, 4) is 0 Å². The minimum absolute atomic E-state index is 0.0494. The molecule has 0 saturated carbocycles. The van der Waals surface area contributed by atoms with E-state index in [-0.39, 0.29) is 5.91 Å². The van der Waals surface area contributed by atoms with Crippen LogP contribution in [0.3, 0.4) is 0 Å². The van der Waals surface area contributed by atoms with E-state index in [0.29, 0.717) is 18.2 Å². The van der Waals surface area contributed by atoms with Gasteiger partial charge in [0, 0.05) is 30.2 Å². The second kappa shape index (κ2) is 8.17. The van der Waals surface area contributed by atoms with Crippen LogP contribution in [-0.2, 0) is 9.53 Å². The van der Waals surface area contributed by atoms with Gasteiger partial charge in [-0.05, 0) is 43.2 Å². The highest BCUT2D eigenvalue weighted by Crippen LogP contribution is 2.18. The van der Waals surface area contributed by atoms with Crippen LogP contribution >= 0.6 is 11.8 Å². The van der Waals surface area contributed by atoms with Gasteiger partial charge in [0.05, 0.1) is 6.10 Å². The van der Waals surface area contributed by atoms with E-state index in [0.717, 1.165) is 30.2 Å². The highest BCUT2D eigenvalue weighted by Gasteiger charge is 2.14. The average Bonchev–Trinajstić information content (AvgIpc) is 2.91. The third-order valence-electron chi connectivity index (χ3n) is 3.19. The van der Waals surface area contributed by atoms with Gasteiger partial charge < -0.3 is 15.8 Å². The van der Waals surface area contributed by atoms with Crippen LogP contribution in [0, 0.1) is 0 Å². The average molecular weight is 294 g/mol. The molecular weight excluding hydrogens is 272 g/mol. The molecule has 1 aromatic carbocycles. The molecule has 1 heterocycles. The van der Waals surface area contributed by atoms with Gasteiger partial charge in [0.15, 0.2) is 0 Å². The number of benzene rings is 1. The van der Waals surface area contributed by atoms with Crippen LogP contribution in [-0.4, -0.2) is 30.1 Å². The van der Waals surface area contributed by atoms with Gasteiger partial charge in [0.2, 0.25) is 5.91 Å². The molecule has 20 heavy (non-hydrogen) atoms. The number of nitrogens with two attached hydrogens (primary N) is 1. The summed E-state index contributed by atoms with van der Waals surface area (Å²) < 4.78 is 5.56. The molecule has 2 rings (SSSR count). The third-order valence-corrected chi connectivity index (χ3v) is 4.38. The number of hydrogen-bond donors (Lipinski definition) is 2. The number of rotatable bonds is 7. The first kappa shape index (κ1) is 15.2. The molecule has 5 heteroatoms. The van der Waals surface area contributed by atoms with Crippen LogP contribution in [0.2, 0.25) is 0 Å². The van der Waals surface area contributed by atoms with Gasteiger partial charge in [0.1, 0.15) is 0 Å². The van der Waals surface area contributed by atoms with Gasteiger partial charge in [-0.15, -0.1) is 0 Å². The van der Waals surface area contributed by atoms with E-state index in [9.17, 15) is 4.79 Å². The Labute approximate surface area is 124 Å². The first-order chi connectivity index (χ1) is 9.74. The molecule has 1 aromatic rings. The quantitative estimate of drug-likeness (QED) is 0.599. The Balaban J connectivity index is 1.55. The van der Waals surface area contributed by atoms with Crippen LogP contribution in [0.1, 0.15) is 25.7 Å². The van der Waals surface area contributed by atoms with E-state index < -0.39 is 0 Å². The molecule has 0 spiro atoms. The Morgan fingerprint density at radius 3 is 3.15 bits per heavy atom. The lowest BCUT2D eigenvalue weighted by Crippen LogP contribution is -2.12. The van der Waals surface area contributed by atoms with Gasteiger partial charge >= 0.3 is 0 Å². The summed E-state index contributed by atoms with van der Waals surface area (Å²) in [6.07, 6.45) is 4.25. The molecule has 0 aromatic heterocycles. The minimum Gasteiger partial charge on any atom is -0.399 e. The van der Waals surface area contributed by atoms with Gasteiger partial charge in [-0.3, -0.25) is 4.79 Å². The maximum atomic E-state index is 11.8. The maximum absolute atomic E-state index is 11.8. The fraction of sp³-hybridized carbons (Fsp3) is 0.533. The van der Waals surface area contributed by atoms with Crippen molar-refractivity contribution >= 4 is 29.0 Å². The Bertz CT molecular complexity index is 434. The first-order valence-electron chi connectivity index (χ1n) is 7.09. The summed E-state index contributed by atoms with van der Waals surface area (Å²) in [7, 11) is 0. The first-order valence-corrected chi connectivity index (χ1v) is 8.24. The monoisotopic (exact) mass is 294 g/mol. The molecule has 1 atom stereocenters. The lowest BCUT2D eigenvalue weighted by Gasteiger charge is -2.08. The zero-order valence-electron chi connectivity index (χ0n) is 11.6. The number of ether oxygens (including phenoxy) is 1. The number of carbonyl (C=O) groups is 1. The van der Waals surface area contributed by atoms with Crippen molar-refractivity contribution in [2.24, 2.45) is 0 Å². The molecule has 4 nitrogen and oxygen atoms in total. The highest BCUT2D eigenvalue weighted by atomic mass is 32.2. The lowest BCUT2D eigenvalue weighted by atomic mass is 10.2. The second-order valence-electron chi connectivity index (χ2n) is 4.99. The van der Waals surface area contributed by atoms with Crippen LogP contribution in [0.15, 0.2) is 24.3 Å². The minimum atomic E-state index is 0.0494. The predicted octanol–water partition coefficient (Wildman–Crippen LogP) is 2.90. The molecule has 0 aliphatic carbocycles. The zero-order valence-corrected chi connectivity index (χ0v) is 12.5. The van der Waals surface area contributed by atoms with E-state index in [1.807, 2.05) is 23.9 Å². The number of nitrogens with one attached hydrogen (secondary N) is 1. The SMILES string of the molecule is Nc1cccc(NC(=O)CCCSCC2CCCO2)c1. The van der Waals surface area contributed by atoms with Gasteiger partial charge in [-0.2, -0.15) is 11.8 Å². The maximum Gasteiger partial charge on any atom is 0.224 e. The molecule has 1 fully saturated rings. The van der Waals surface area contributed by atoms with Gasteiger partial charge in [0.25, 0.3) is 0 Å². The Hall–Kier alpha value is -1.20. The van der Waals surface area contributed by atoms with Crippen molar-refractivity contribution in [1.82, 2.24) is 0 Å². The summed E-state index contributed by atoms with van der Waals surface area (Å²) in [5, 5.41) is 2.86. The van der Waals surface area contributed by atoms with Crippen molar-refractivity contribution < 1.29 is 9.53 Å². The number of nitrogen functional groups attached to an aromatic ring is 1. The highest BCUT2D eigenvalue weighted by molar-refractivity contribution is 7.99. The summed E-state index contributed by atoms with van der Waals surface area (Å²) in [6, 6.07) is 7.25. The summed E-state index contributed by atoms with van der Waals surface area (Å²) >= 11 is 1.88. The smallest absolute Gasteiger partial charge is 0.224 e. The Kier molecular flexibility index (Phi) is 6.21. The number of amides is 1. The summed E-state index contributed by atoms with van der Waals surface area (Å²) in [5.74, 6) is 2.11. The summed E-state index contributed by atoms with van der Waals surface area (Å²) in [4.78, 5) is 11.8. The largest absolute Gasteiger partial charge is 0.399 e. The molecule has 1 aliphatic heterocycles. The van der Waals surface area contributed by atoms with E-state index in [1.54, 1.807) is 12.1 Å². The van der Waals surface area contributed by atoms with E-state index in [2.05, 4.69) is 5.32 Å². The van der Waals surface area contributed by atoms with Crippen molar-refractivity contribution in [3.63, 3.8) is 0 Å². The second-order valence-corrected chi connectivity index (χ2v) is 6.14. The molecule has 1 aliphatic rings. The molecule has 0 radical (unpaired) electrons. The van der Waals surface area contributed by atoms with Gasteiger partial charge in [-0.1, -0.05) is 6.07 Å². The normalized spacial score (nSPS) is 18.1. The van der Waals surface area contributed by atoms with Crippen LogP contribution < -0.4 is 11.1 Å². The molecule has 1 saturated heterocycles. The standard InChI is InChI=1S/C15H22N2O2S/c16-12-4-1-5-13(10-12)17-15(18)7-3-9-20-11-14-6-2-8-19-14/h1,4-5,10,14H,2-3,6-9,11,16H2,(H,17,18). The van der Waals surface area contributed by atoms with Crippen LogP contribution in [0.5, 0.6) is 0 Å². The van der Waals surface area contributed by atoms with Crippen LogP contribution in [0.25, 0.3) is 0 Å². The summed E-state index contributed by atoms with van der Waals surface area (Å²) in [6.45, 7) is 0.911. The lowest BCUT2D eigenvalue weighted by molar-refractivity contribution is -0.116. The topological polar surface area (TPSA) is 64.3 Å². The van der Waals surface area contributed by atoms with E-state index >= 15 is 0 Å². The number of carbonyl (C=O) groups excluding carboxylic acids is 1. The number of hydrogen-bond acceptors (Lipinski definition) is 4. The number of anilines is 2. The molecular formula is C15H22N2O2S. The Morgan fingerprint density at radius 1 is 1.50 bits per heavy atom. The van der Waals surface area contributed by atoms with E-state index in [1.165, 1.54) is 12.8 Å². The molecule has 1 amide bonds. The fourth-order valence-corrected chi connectivity index (χ4v) is 3.21. The van der Waals surface area contributed by atoms with Crippen molar-refractivity contribution in [3.05, 3.63) is 24.3 Å². The molecule has 110 valence electrons. The summed E-state index contributed by atoms with van der Waals surface area (Å²) in [5.41, 5.74) is 7.09. The fourth-order valence-electron chi connectivity index (χ4n) is 2.17. The van der Waals surface area contributed by atoms with Crippen molar-refractivity contribution in [1.29, 1.82) is 0 Å². The van der Waals surface area contributed by atoms with Gasteiger partial charge in [-0.25, -0.2) is 0 Å². The zero-order chi connectivity index (χ0) is 14.2. The van der Waals surface area contributed by atoms with E-state index in [4.69, 9.17) is 10.5 Å².